The molecule has 0 unspecified atom stereocenters. The molecule has 5 nitrogen and oxygen atoms in total. The number of aromatic amines is 1. The number of aromatic nitrogens is 4. The summed E-state index contributed by atoms with van der Waals surface area (Å²) in [6.45, 7) is 12.5. The lowest BCUT2D eigenvalue weighted by molar-refractivity contribution is 0.309. The second-order valence-electron chi connectivity index (χ2n) is 8.91. The maximum absolute atomic E-state index is 4.71. The summed E-state index contributed by atoms with van der Waals surface area (Å²) in [6.07, 6.45) is 10.8. The van der Waals surface area contributed by atoms with Crippen molar-refractivity contribution in [2.45, 2.75) is 67.2 Å². The first kappa shape index (κ1) is 21.2. The molecule has 0 aliphatic heterocycles. The Morgan fingerprint density at radius 2 is 1.90 bits per heavy atom. The van der Waals surface area contributed by atoms with Gasteiger partial charge in [0.15, 0.2) is 5.82 Å². The minimum atomic E-state index is 0.772. The van der Waals surface area contributed by atoms with Crippen LogP contribution in [0.15, 0.2) is 29.6 Å². The van der Waals surface area contributed by atoms with Gasteiger partial charge in [-0.1, -0.05) is 40.0 Å². The summed E-state index contributed by atoms with van der Waals surface area (Å²) in [5, 5.41) is 1.04. The van der Waals surface area contributed by atoms with E-state index in [1.807, 2.05) is 39.4 Å². The molecule has 0 aromatic carbocycles. The molecule has 4 rings (SSSR count). The molecule has 0 bridgehead atoms. The van der Waals surface area contributed by atoms with E-state index in [1.165, 1.54) is 19.3 Å². The van der Waals surface area contributed by atoms with Crippen LogP contribution in [0.5, 0.6) is 0 Å². The van der Waals surface area contributed by atoms with Gasteiger partial charge in [0.2, 0.25) is 0 Å². The Morgan fingerprint density at radius 1 is 1.17 bits per heavy atom. The SMILES string of the molecule is CC(C)=Nc1ncc(-c2c[nH]c3nc(CC4CCC4)ncc23)cc1C.CC(C)C. The van der Waals surface area contributed by atoms with E-state index in [0.717, 1.165) is 63.3 Å². The van der Waals surface area contributed by atoms with Crippen molar-refractivity contribution in [1.82, 2.24) is 19.9 Å². The van der Waals surface area contributed by atoms with Gasteiger partial charge in [0.25, 0.3) is 0 Å². The van der Waals surface area contributed by atoms with Gasteiger partial charge in [0.05, 0.1) is 0 Å². The van der Waals surface area contributed by atoms with Crippen LogP contribution in [0.3, 0.4) is 0 Å². The number of nitrogens with one attached hydrogen (secondary N) is 1. The molecule has 0 spiro atoms. The van der Waals surface area contributed by atoms with Gasteiger partial charge in [-0.2, -0.15) is 0 Å². The second-order valence-corrected chi connectivity index (χ2v) is 8.91. The summed E-state index contributed by atoms with van der Waals surface area (Å²) in [4.78, 5) is 21.6. The average Bonchev–Trinajstić information content (AvgIpc) is 3.02. The molecule has 0 saturated heterocycles. The van der Waals surface area contributed by atoms with E-state index < -0.39 is 0 Å². The highest BCUT2D eigenvalue weighted by Crippen LogP contribution is 2.31. The Kier molecular flexibility index (Phi) is 6.78. The first-order chi connectivity index (χ1) is 13.8. The lowest BCUT2D eigenvalue weighted by Crippen LogP contribution is -2.15. The van der Waals surface area contributed by atoms with Crippen molar-refractivity contribution >= 4 is 22.6 Å². The molecule has 1 aliphatic rings. The van der Waals surface area contributed by atoms with Crippen LogP contribution >= 0.6 is 0 Å². The maximum Gasteiger partial charge on any atom is 0.154 e. The van der Waals surface area contributed by atoms with Gasteiger partial charge in [0, 0.05) is 47.2 Å². The fraction of sp³-hybridized carbons (Fsp3) is 0.500. The van der Waals surface area contributed by atoms with Crippen LogP contribution in [-0.4, -0.2) is 25.6 Å². The zero-order valence-electron chi connectivity index (χ0n) is 18.6. The summed E-state index contributed by atoms with van der Waals surface area (Å²) < 4.78 is 0. The molecule has 154 valence electrons. The Bertz CT molecular complexity index is 989. The largest absolute Gasteiger partial charge is 0.345 e. The van der Waals surface area contributed by atoms with Crippen molar-refractivity contribution in [2.75, 3.05) is 0 Å². The lowest BCUT2D eigenvalue weighted by atomic mass is 9.83. The van der Waals surface area contributed by atoms with Gasteiger partial charge >= 0.3 is 0 Å². The van der Waals surface area contributed by atoms with Crippen molar-refractivity contribution in [3.8, 4) is 11.1 Å². The summed E-state index contributed by atoms with van der Waals surface area (Å²) in [5.41, 5.74) is 5.12. The number of H-pyrrole nitrogens is 1. The summed E-state index contributed by atoms with van der Waals surface area (Å²) in [6, 6.07) is 2.12. The first-order valence-electron chi connectivity index (χ1n) is 10.7. The topological polar surface area (TPSA) is 66.8 Å². The minimum absolute atomic E-state index is 0.772. The first-order valence-corrected chi connectivity index (χ1v) is 10.7. The maximum atomic E-state index is 4.71. The summed E-state index contributed by atoms with van der Waals surface area (Å²) >= 11 is 0. The Balaban J connectivity index is 0.000000552. The van der Waals surface area contributed by atoms with Crippen molar-refractivity contribution in [3.63, 3.8) is 0 Å². The van der Waals surface area contributed by atoms with Crippen molar-refractivity contribution in [2.24, 2.45) is 16.8 Å². The van der Waals surface area contributed by atoms with Crippen LogP contribution in [0, 0.1) is 18.8 Å². The van der Waals surface area contributed by atoms with E-state index in [1.54, 1.807) is 0 Å². The number of nitrogens with zero attached hydrogens (tertiary/aromatic N) is 4. The number of aliphatic imine (C=N–C) groups is 1. The van der Waals surface area contributed by atoms with E-state index in [2.05, 4.69) is 46.8 Å². The highest BCUT2D eigenvalue weighted by atomic mass is 14.9. The predicted molar refractivity (Wildman–Crippen MR) is 122 cm³/mol. The third-order valence-corrected chi connectivity index (χ3v) is 4.87. The zero-order chi connectivity index (χ0) is 21.0. The highest BCUT2D eigenvalue weighted by molar-refractivity contribution is 5.93. The number of pyridine rings is 1. The van der Waals surface area contributed by atoms with E-state index in [9.17, 15) is 0 Å². The quantitative estimate of drug-likeness (QED) is 0.520. The Hall–Kier alpha value is -2.56. The molecule has 1 N–H and O–H groups in total. The molecule has 1 aliphatic carbocycles. The van der Waals surface area contributed by atoms with Crippen molar-refractivity contribution < 1.29 is 0 Å². The number of fused-ring (bicyclic) bond motifs is 1. The van der Waals surface area contributed by atoms with Crippen molar-refractivity contribution in [1.29, 1.82) is 0 Å². The molecule has 3 aromatic rings. The van der Waals surface area contributed by atoms with E-state index >= 15 is 0 Å². The average molecular weight is 392 g/mol. The lowest BCUT2D eigenvalue weighted by Gasteiger charge is -2.24. The van der Waals surface area contributed by atoms with E-state index in [4.69, 9.17) is 4.98 Å². The third-order valence-electron chi connectivity index (χ3n) is 4.87. The molecule has 3 aromatic heterocycles. The Labute approximate surface area is 174 Å². The number of aryl methyl sites for hydroxylation is 1. The van der Waals surface area contributed by atoms with Crippen LogP contribution in [0.25, 0.3) is 22.2 Å². The van der Waals surface area contributed by atoms with Crippen LogP contribution in [0.1, 0.15) is 65.3 Å². The van der Waals surface area contributed by atoms with Gasteiger partial charge in [-0.3, -0.25) is 0 Å². The van der Waals surface area contributed by atoms with Crippen LogP contribution in [-0.2, 0) is 6.42 Å². The number of rotatable bonds is 4. The second kappa shape index (κ2) is 9.29. The van der Waals surface area contributed by atoms with Gasteiger partial charge in [-0.15, -0.1) is 0 Å². The normalized spacial score (nSPS) is 13.8. The fourth-order valence-corrected chi connectivity index (χ4v) is 3.28. The van der Waals surface area contributed by atoms with E-state index in [0.29, 0.717) is 0 Å². The smallest absolute Gasteiger partial charge is 0.154 e. The molecule has 3 heterocycles. The summed E-state index contributed by atoms with van der Waals surface area (Å²) in [7, 11) is 0. The van der Waals surface area contributed by atoms with Crippen LogP contribution in [0.2, 0.25) is 0 Å². The molecular formula is C24H33N5. The van der Waals surface area contributed by atoms with E-state index in [-0.39, 0.29) is 0 Å². The van der Waals surface area contributed by atoms with Crippen molar-refractivity contribution in [3.05, 3.63) is 36.0 Å². The zero-order valence-corrected chi connectivity index (χ0v) is 18.6. The number of hydrogen-bond donors (Lipinski definition) is 1. The Morgan fingerprint density at radius 3 is 2.48 bits per heavy atom. The molecular weight excluding hydrogens is 358 g/mol. The standard InChI is InChI=1S/C20H23N5.C4H10/c1-12(2)24-19-13(3)7-15(9-22-19)16-10-23-20-17(16)11-21-18(25-20)8-14-5-4-6-14;1-4(2)3/h7,9-11,14H,4-6,8H2,1-3H3,(H,21,23,25);4H,1-3H3. The third kappa shape index (κ3) is 5.49. The molecule has 5 heteroatoms. The molecule has 0 radical (unpaired) electrons. The predicted octanol–water partition coefficient (Wildman–Crippen LogP) is 6.45. The minimum Gasteiger partial charge on any atom is -0.345 e. The van der Waals surface area contributed by atoms with Crippen LogP contribution < -0.4 is 0 Å². The van der Waals surface area contributed by atoms with Crippen LogP contribution in [0.4, 0.5) is 5.82 Å². The molecule has 1 fully saturated rings. The van der Waals surface area contributed by atoms with Gasteiger partial charge in [0.1, 0.15) is 11.5 Å². The van der Waals surface area contributed by atoms with Gasteiger partial charge in [-0.25, -0.2) is 19.9 Å². The molecule has 1 saturated carbocycles. The van der Waals surface area contributed by atoms with Gasteiger partial charge < -0.3 is 4.98 Å². The molecule has 0 atom stereocenters. The monoisotopic (exact) mass is 391 g/mol. The number of hydrogen-bond acceptors (Lipinski definition) is 4. The molecule has 29 heavy (non-hydrogen) atoms. The fourth-order valence-electron chi connectivity index (χ4n) is 3.28. The summed E-state index contributed by atoms with van der Waals surface area (Å²) in [5.74, 6) is 3.33. The molecule has 0 amide bonds. The highest BCUT2D eigenvalue weighted by Gasteiger charge is 2.19. The van der Waals surface area contributed by atoms with Gasteiger partial charge in [-0.05, 0) is 44.2 Å².